The molecule has 1 aromatic heterocycles. The quantitative estimate of drug-likeness (QED) is 0.810. The summed E-state index contributed by atoms with van der Waals surface area (Å²) in [7, 11) is 0. The molecule has 0 saturated heterocycles. The molecular weight excluding hydrogens is 262 g/mol. The minimum Gasteiger partial charge on any atom is -0.307 e. The topological polar surface area (TPSA) is 60.7 Å². The Morgan fingerprint density at radius 3 is 2.62 bits per heavy atom. The highest BCUT2D eigenvalue weighted by molar-refractivity contribution is 5.75. The van der Waals surface area contributed by atoms with Gasteiger partial charge in [-0.1, -0.05) is 6.07 Å². The highest BCUT2D eigenvalue weighted by Gasteiger charge is 2.64. The van der Waals surface area contributed by atoms with Crippen LogP contribution < -0.4 is 11.0 Å². The number of hydrogen-bond acceptors (Lipinski definition) is 2. The van der Waals surface area contributed by atoms with E-state index in [1.165, 1.54) is 24.8 Å². The average molecular weight is 283 g/mol. The van der Waals surface area contributed by atoms with Crippen molar-refractivity contribution in [3.8, 4) is 0 Å². The fourth-order valence-electron chi connectivity index (χ4n) is 5.25. The van der Waals surface area contributed by atoms with Crippen LogP contribution in [0.3, 0.4) is 0 Å². The highest BCUT2D eigenvalue weighted by Crippen LogP contribution is 2.65. The number of aromatic nitrogens is 2. The van der Waals surface area contributed by atoms with Crippen molar-refractivity contribution in [2.75, 3.05) is 0 Å². The van der Waals surface area contributed by atoms with Crippen LogP contribution in [-0.2, 0) is 0 Å². The third-order valence-corrected chi connectivity index (χ3v) is 6.22. The molecular formula is C17H21N3O. The number of aromatic amines is 2. The summed E-state index contributed by atoms with van der Waals surface area (Å²) < 4.78 is 0. The summed E-state index contributed by atoms with van der Waals surface area (Å²) in [6.07, 6.45) is 4.43. The molecule has 5 unspecified atom stereocenters. The largest absolute Gasteiger partial charge is 0.323 e. The number of benzene rings is 1. The minimum atomic E-state index is -0.129. The van der Waals surface area contributed by atoms with E-state index in [0.717, 1.165) is 40.7 Å². The van der Waals surface area contributed by atoms with Crippen molar-refractivity contribution in [1.82, 2.24) is 15.3 Å². The molecule has 0 amide bonds. The zero-order valence-corrected chi connectivity index (χ0v) is 12.2. The van der Waals surface area contributed by atoms with Gasteiger partial charge in [-0.3, -0.25) is 0 Å². The Morgan fingerprint density at radius 1 is 1.14 bits per heavy atom. The fraction of sp³-hybridized carbons (Fsp3) is 0.588. The standard InChI is InChI=1S/C17H21N3O/c1-8(9-4-5-12-13(7-9)20-17(21)19-12)18-16-14-10-2-3-11(6-10)15(14)16/h4-5,7-8,10-11,14-16,18H,2-3,6H2,1H3,(H2,19,20,21). The van der Waals surface area contributed by atoms with Gasteiger partial charge >= 0.3 is 5.69 Å². The van der Waals surface area contributed by atoms with Gasteiger partial charge in [-0.2, -0.15) is 0 Å². The van der Waals surface area contributed by atoms with E-state index in [1.807, 2.05) is 6.07 Å². The van der Waals surface area contributed by atoms with Crippen molar-refractivity contribution >= 4 is 11.0 Å². The number of imidazole rings is 1. The Kier molecular flexibility index (Phi) is 2.30. The van der Waals surface area contributed by atoms with Crippen LogP contribution in [0.25, 0.3) is 11.0 Å². The Bertz CT molecular complexity index is 745. The summed E-state index contributed by atoms with van der Waals surface area (Å²) in [5, 5.41) is 3.84. The second kappa shape index (κ2) is 4.01. The van der Waals surface area contributed by atoms with Gasteiger partial charge < -0.3 is 15.3 Å². The number of H-pyrrole nitrogens is 2. The molecule has 3 saturated carbocycles. The van der Waals surface area contributed by atoms with Crippen molar-refractivity contribution < 1.29 is 0 Å². The van der Waals surface area contributed by atoms with Crippen molar-refractivity contribution in [1.29, 1.82) is 0 Å². The van der Waals surface area contributed by atoms with Gasteiger partial charge in [0.2, 0.25) is 0 Å². The molecule has 2 bridgehead atoms. The molecule has 0 radical (unpaired) electrons. The van der Waals surface area contributed by atoms with E-state index in [-0.39, 0.29) is 5.69 Å². The first kappa shape index (κ1) is 12.0. The summed E-state index contributed by atoms with van der Waals surface area (Å²) in [5.74, 6) is 3.94. The van der Waals surface area contributed by atoms with Crippen molar-refractivity contribution in [3.05, 3.63) is 34.2 Å². The first-order chi connectivity index (χ1) is 10.2. The van der Waals surface area contributed by atoms with Crippen LogP contribution in [0, 0.1) is 23.7 Å². The SMILES string of the molecule is CC(NC1C2C3CCC(C3)C12)c1ccc2[nH]c(=O)[nH]c2c1. The number of nitrogens with one attached hydrogen (secondary N) is 3. The molecule has 3 aliphatic carbocycles. The van der Waals surface area contributed by atoms with Crippen LogP contribution >= 0.6 is 0 Å². The first-order valence-electron chi connectivity index (χ1n) is 8.19. The third kappa shape index (κ3) is 1.68. The number of rotatable bonds is 3. The fourth-order valence-corrected chi connectivity index (χ4v) is 5.25. The summed E-state index contributed by atoms with van der Waals surface area (Å²) in [4.78, 5) is 17.0. The highest BCUT2D eigenvalue weighted by atomic mass is 16.1. The van der Waals surface area contributed by atoms with Gasteiger partial charge in [0, 0.05) is 12.1 Å². The number of hydrogen-bond donors (Lipinski definition) is 3. The first-order valence-corrected chi connectivity index (χ1v) is 8.19. The maximum atomic E-state index is 11.3. The van der Waals surface area contributed by atoms with Crippen molar-refractivity contribution in [2.24, 2.45) is 23.7 Å². The van der Waals surface area contributed by atoms with Crippen LogP contribution in [0.5, 0.6) is 0 Å². The zero-order valence-electron chi connectivity index (χ0n) is 12.2. The molecule has 0 spiro atoms. The molecule has 3 N–H and O–H groups in total. The van der Waals surface area contributed by atoms with Crippen molar-refractivity contribution in [2.45, 2.75) is 38.3 Å². The second-order valence-electron chi connectivity index (χ2n) is 7.29. The summed E-state index contributed by atoms with van der Waals surface area (Å²) in [6.45, 7) is 2.24. The second-order valence-corrected chi connectivity index (χ2v) is 7.29. The average Bonchev–Trinajstić information content (AvgIpc) is 2.85. The maximum absolute atomic E-state index is 11.3. The van der Waals surface area contributed by atoms with Crippen LogP contribution in [0.15, 0.2) is 23.0 Å². The predicted octanol–water partition coefficient (Wildman–Crippen LogP) is 2.55. The molecule has 21 heavy (non-hydrogen) atoms. The van der Waals surface area contributed by atoms with E-state index >= 15 is 0 Å². The normalized spacial score (nSPS) is 37.9. The van der Waals surface area contributed by atoms with Crippen LogP contribution in [0.4, 0.5) is 0 Å². The molecule has 3 aliphatic rings. The molecule has 5 rings (SSSR count). The molecule has 3 fully saturated rings. The lowest BCUT2D eigenvalue weighted by Crippen LogP contribution is -2.26. The molecule has 1 heterocycles. The van der Waals surface area contributed by atoms with Gasteiger partial charge in [0.25, 0.3) is 0 Å². The van der Waals surface area contributed by atoms with E-state index in [4.69, 9.17) is 0 Å². The van der Waals surface area contributed by atoms with Gasteiger partial charge in [-0.15, -0.1) is 0 Å². The monoisotopic (exact) mass is 283 g/mol. The Balaban J connectivity index is 1.36. The van der Waals surface area contributed by atoms with Crippen LogP contribution in [-0.4, -0.2) is 16.0 Å². The van der Waals surface area contributed by atoms with Crippen LogP contribution in [0.1, 0.15) is 37.8 Å². The van der Waals surface area contributed by atoms with E-state index in [9.17, 15) is 4.79 Å². The van der Waals surface area contributed by atoms with Gasteiger partial charge in [-0.05, 0) is 67.6 Å². The Morgan fingerprint density at radius 2 is 1.86 bits per heavy atom. The maximum Gasteiger partial charge on any atom is 0.323 e. The molecule has 0 aliphatic heterocycles. The molecule has 5 atom stereocenters. The summed E-state index contributed by atoms with van der Waals surface area (Å²) >= 11 is 0. The predicted molar refractivity (Wildman–Crippen MR) is 82.1 cm³/mol. The lowest BCUT2D eigenvalue weighted by Gasteiger charge is -2.17. The number of fused-ring (bicyclic) bond motifs is 6. The molecule has 4 heteroatoms. The lowest BCUT2D eigenvalue weighted by molar-refractivity contribution is 0.433. The minimum absolute atomic E-state index is 0.129. The molecule has 1 aromatic carbocycles. The molecule has 4 nitrogen and oxygen atoms in total. The Labute approximate surface area is 123 Å². The van der Waals surface area contributed by atoms with E-state index in [1.54, 1.807) is 0 Å². The van der Waals surface area contributed by atoms with E-state index < -0.39 is 0 Å². The van der Waals surface area contributed by atoms with Gasteiger partial charge in [-0.25, -0.2) is 4.79 Å². The summed E-state index contributed by atoms with van der Waals surface area (Å²) in [5.41, 5.74) is 2.92. The smallest absolute Gasteiger partial charge is 0.307 e. The summed E-state index contributed by atoms with van der Waals surface area (Å²) in [6, 6.07) is 7.31. The van der Waals surface area contributed by atoms with Gasteiger partial charge in [0.15, 0.2) is 0 Å². The van der Waals surface area contributed by atoms with Crippen molar-refractivity contribution in [3.63, 3.8) is 0 Å². The van der Waals surface area contributed by atoms with Gasteiger partial charge in [0.05, 0.1) is 11.0 Å². The lowest BCUT2D eigenvalue weighted by atomic mass is 10.0. The zero-order chi connectivity index (χ0) is 14.1. The molecule has 110 valence electrons. The van der Waals surface area contributed by atoms with Crippen LogP contribution in [0.2, 0.25) is 0 Å². The van der Waals surface area contributed by atoms with E-state index in [2.05, 4.69) is 34.3 Å². The van der Waals surface area contributed by atoms with E-state index in [0.29, 0.717) is 6.04 Å². The Hall–Kier alpha value is -1.55. The van der Waals surface area contributed by atoms with Gasteiger partial charge in [0.1, 0.15) is 0 Å². The molecule has 2 aromatic rings. The third-order valence-electron chi connectivity index (χ3n) is 6.22.